The maximum absolute atomic E-state index is 12.7. The van der Waals surface area contributed by atoms with Crippen molar-refractivity contribution in [3.05, 3.63) is 0 Å². The molecule has 0 spiro atoms. The van der Waals surface area contributed by atoms with Gasteiger partial charge in [0, 0.05) is 12.5 Å². The first-order chi connectivity index (χ1) is 9.05. The maximum atomic E-state index is 12.7. The van der Waals surface area contributed by atoms with Crippen molar-refractivity contribution >= 4 is 11.7 Å². The molecule has 1 aliphatic heterocycles. The Kier molecular flexibility index (Phi) is 5.39. The number of ketones is 1. The van der Waals surface area contributed by atoms with E-state index in [1.165, 1.54) is 0 Å². The molecular formula is C17H31NO2. The van der Waals surface area contributed by atoms with Crippen molar-refractivity contribution in [3.8, 4) is 0 Å². The lowest BCUT2D eigenvalue weighted by Crippen LogP contribution is -2.47. The van der Waals surface area contributed by atoms with Gasteiger partial charge in [-0.2, -0.15) is 0 Å². The first-order valence-electron chi connectivity index (χ1n) is 7.86. The van der Waals surface area contributed by atoms with Gasteiger partial charge in [0.25, 0.3) is 0 Å². The van der Waals surface area contributed by atoms with Crippen molar-refractivity contribution < 1.29 is 9.59 Å². The van der Waals surface area contributed by atoms with E-state index in [1.54, 1.807) is 6.92 Å². The van der Waals surface area contributed by atoms with Gasteiger partial charge in [-0.25, -0.2) is 0 Å². The molecule has 0 aromatic carbocycles. The molecule has 1 saturated heterocycles. The Bertz CT molecular complexity index is 368. The minimum Gasteiger partial charge on any atom is -0.332 e. The molecule has 116 valence electrons. The van der Waals surface area contributed by atoms with Crippen LogP contribution in [0.5, 0.6) is 0 Å². The lowest BCUT2D eigenvalue weighted by molar-refractivity contribution is -0.143. The molecule has 0 bridgehead atoms. The molecule has 1 fully saturated rings. The summed E-state index contributed by atoms with van der Waals surface area (Å²) in [4.78, 5) is 26.6. The third-order valence-corrected chi connectivity index (χ3v) is 4.67. The molecule has 0 aromatic heterocycles. The highest BCUT2D eigenvalue weighted by atomic mass is 16.2. The largest absolute Gasteiger partial charge is 0.332 e. The summed E-state index contributed by atoms with van der Waals surface area (Å²) >= 11 is 0. The summed E-state index contributed by atoms with van der Waals surface area (Å²) in [6, 6.07) is -0.199. The van der Waals surface area contributed by atoms with Gasteiger partial charge in [0.15, 0.2) is 5.78 Å². The van der Waals surface area contributed by atoms with E-state index in [0.717, 1.165) is 19.4 Å². The predicted molar refractivity (Wildman–Crippen MR) is 82.4 cm³/mol. The molecule has 0 aromatic rings. The van der Waals surface area contributed by atoms with Crippen molar-refractivity contribution in [1.82, 2.24) is 4.90 Å². The SMILES string of the molecule is CC(=O)[C@@H]1[C@@H](CC(C)C)CCN1C(=O)[C@@H](C)C(C)(C)C. The summed E-state index contributed by atoms with van der Waals surface area (Å²) in [6.07, 6.45) is 1.99. The van der Waals surface area contributed by atoms with Crippen LogP contribution in [0, 0.1) is 23.2 Å². The molecule has 0 aliphatic carbocycles. The van der Waals surface area contributed by atoms with Gasteiger partial charge in [-0.3, -0.25) is 9.59 Å². The fourth-order valence-corrected chi connectivity index (χ4v) is 3.13. The molecule has 0 radical (unpaired) electrons. The maximum Gasteiger partial charge on any atom is 0.226 e. The highest BCUT2D eigenvalue weighted by Crippen LogP contribution is 2.34. The minimum absolute atomic E-state index is 0.0536. The molecule has 3 heteroatoms. The van der Waals surface area contributed by atoms with E-state index in [-0.39, 0.29) is 29.1 Å². The average Bonchev–Trinajstić information content (AvgIpc) is 2.68. The summed E-state index contributed by atoms with van der Waals surface area (Å²) in [5.74, 6) is 1.13. The van der Waals surface area contributed by atoms with Crippen LogP contribution in [-0.2, 0) is 9.59 Å². The van der Waals surface area contributed by atoms with Crippen LogP contribution in [0.15, 0.2) is 0 Å². The number of amides is 1. The quantitative estimate of drug-likeness (QED) is 0.790. The highest BCUT2D eigenvalue weighted by Gasteiger charge is 2.42. The van der Waals surface area contributed by atoms with Gasteiger partial charge in [0.05, 0.1) is 6.04 Å². The van der Waals surface area contributed by atoms with E-state index < -0.39 is 0 Å². The zero-order valence-corrected chi connectivity index (χ0v) is 14.2. The fourth-order valence-electron chi connectivity index (χ4n) is 3.13. The van der Waals surface area contributed by atoms with Crippen LogP contribution in [0.1, 0.15) is 61.3 Å². The van der Waals surface area contributed by atoms with Crippen molar-refractivity contribution in [3.63, 3.8) is 0 Å². The molecule has 0 unspecified atom stereocenters. The minimum atomic E-state index is -0.199. The van der Waals surface area contributed by atoms with Gasteiger partial charge in [0.1, 0.15) is 0 Å². The van der Waals surface area contributed by atoms with E-state index in [0.29, 0.717) is 11.8 Å². The molecule has 0 N–H and O–H groups in total. The Morgan fingerprint density at radius 2 is 1.75 bits per heavy atom. The predicted octanol–water partition coefficient (Wildman–Crippen LogP) is 3.52. The zero-order valence-electron chi connectivity index (χ0n) is 14.2. The van der Waals surface area contributed by atoms with E-state index in [2.05, 4.69) is 34.6 Å². The number of hydrogen-bond donors (Lipinski definition) is 0. The third kappa shape index (κ3) is 3.83. The smallest absolute Gasteiger partial charge is 0.226 e. The van der Waals surface area contributed by atoms with E-state index in [9.17, 15) is 9.59 Å². The molecule has 1 heterocycles. The van der Waals surface area contributed by atoms with Crippen LogP contribution >= 0.6 is 0 Å². The van der Waals surface area contributed by atoms with E-state index in [4.69, 9.17) is 0 Å². The first-order valence-corrected chi connectivity index (χ1v) is 7.86. The van der Waals surface area contributed by atoms with Crippen LogP contribution in [0.2, 0.25) is 0 Å². The number of carbonyl (C=O) groups is 2. The molecular weight excluding hydrogens is 250 g/mol. The molecule has 0 saturated carbocycles. The summed E-state index contributed by atoms with van der Waals surface area (Å²) in [5.41, 5.74) is -0.0610. The van der Waals surface area contributed by atoms with Crippen LogP contribution in [-0.4, -0.2) is 29.2 Å². The van der Waals surface area contributed by atoms with Crippen molar-refractivity contribution in [2.24, 2.45) is 23.2 Å². The summed E-state index contributed by atoms with van der Waals surface area (Å²) in [6.45, 7) is 15.0. The first kappa shape index (κ1) is 17.2. The van der Waals surface area contributed by atoms with Gasteiger partial charge in [-0.05, 0) is 37.0 Å². The number of nitrogens with zero attached hydrogens (tertiary/aromatic N) is 1. The van der Waals surface area contributed by atoms with E-state index >= 15 is 0 Å². The van der Waals surface area contributed by atoms with Gasteiger partial charge < -0.3 is 4.90 Å². The molecule has 20 heavy (non-hydrogen) atoms. The topological polar surface area (TPSA) is 37.4 Å². The van der Waals surface area contributed by atoms with Crippen molar-refractivity contribution in [1.29, 1.82) is 0 Å². The lowest BCUT2D eigenvalue weighted by atomic mass is 9.81. The van der Waals surface area contributed by atoms with Gasteiger partial charge >= 0.3 is 0 Å². The van der Waals surface area contributed by atoms with Crippen LogP contribution in [0.3, 0.4) is 0 Å². The molecule has 1 amide bonds. The summed E-state index contributed by atoms with van der Waals surface area (Å²) < 4.78 is 0. The van der Waals surface area contributed by atoms with Gasteiger partial charge in [-0.1, -0.05) is 41.5 Å². The van der Waals surface area contributed by atoms with E-state index in [1.807, 2.05) is 11.8 Å². The fraction of sp³-hybridized carbons (Fsp3) is 0.882. The zero-order chi connectivity index (χ0) is 15.7. The summed E-state index contributed by atoms with van der Waals surface area (Å²) in [5, 5.41) is 0. The highest BCUT2D eigenvalue weighted by molar-refractivity contribution is 5.89. The Labute approximate surface area is 124 Å². The number of carbonyl (C=O) groups excluding carboxylic acids is 2. The molecule has 3 nitrogen and oxygen atoms in total. The lowest BCUT2D eigenvalue weighted by Gasteiger charge is -2.34. The standard InChI is InChI=1S/C17H31NO2/c1-11(2)10-14-8-9-18(15(14)13(4)19)16(20)12(3)17(5,6)7/h11-12,14-15H,8-10H2,1-7H3/t12-,14-,15-/m1/s1. The number of likely N-dealkylation sites (tertiary alicyclic amines) is 1. The second kappa shape index (κ2) is 6.28. The van der Waals surface area contributed by atoms with Crippen molar-refractivity contribution in [2.75, 3.05) is 6.54 Å². The molecule has 3 atom stereocenters. The Balaban J connectivity index is 2.90. The Hall–Kier alpha value is -0.860. The Morgan fingerprint density at radius 3 is 2.15 bits per heavy atom. The Morgan fingerprint density at radius 1 is 1.20 bits per heavy atom. The average molecular weight is 281 g/mol. The second-order valence-electron chi connectivity index (χ2n) is 7.85. The second-order valence-corrected chi connectivity index (χ2v) is 7.85. The van der Waals surface area contributed by atoms with Crippen molar-refractivity contribution in [2.45, 2.75) is 67.3 Å². The van der Waals surface area contributed by atoms with Gasteiger partial charge in [0.2, 0.25) is 5.91 Å². The number of rotatable bonds is 4. The van der Waals surface area contributed by atoms with Gasteiger partial charge in [-0.15, -0.1) is 0 Å². The summed E-state index contributed by atoms with van der Waals surface area (Å²) in [7, 11) is 0. The monoisotopic (exact) mass is 281 g/mol. The van der Waals surface area contributed by atoms with Crippen LogP contribution in [0.25, 0.3) is 0 Å². The number of hydrogen-bond acceptors (Lipinski definition) is 2. The van der Waals surface area contributed by atoms with Crippen LogP contribution in [0.4, 0.5) is 0 Å². The van der Waals surface area contributed by atoms with Crippen LogP contribution < -0.4 is 0 Å². The normalized spacial score (nSPS) is 25.1. The molecule has 1 aliphatic rings. The third-order valence-electron chi connectivity index (χ3n) is 4.67. The molecule has 1 rings (SSSR count). The number of Topliss-reactive ketones (excluding diaryl/α,β-unsaturated/α-hetero) is 1.